The van der Waals surface area contributed by atoms with Crippen molar-refractivity contribution in [2.24, 2.45) is 5.16 Å². The summed E-state index contributed by atoms with van der Waals surface area (Å²) in [6, 6.07) is 14.7. The molecule has 0 radical (unpaired) electrons. The van der Waals surface area contributed by atoms with Crippen molar-refractivity contribution in [2.45, 2.75) is 13.5 Å². The van der Waals surface area contributed by atoms with E-state index in [0.29, 0.717) is 10.7 Å². The maximum Gasteiger partial charge on any atom is 0.415 e. The van der Waals surface area contributed by atoms with Crippen molar-refractivity contribution in [1.29, 1.82) is 0 Å². The maximum atomic E-state index is 12.0. The SMILES string of the molecule is COCN(C(=O)OC)c1ccccc1CO/N=C(\C)c1ccc(Cl)cc1. The molecule has 0 bridgehead atoms. The molecule has 7 heteroatoms. The predicted molar refractivity (Wildman–Crippen MR) is 102 cm³/mol. The summed E-state index contributed by atoms with van der Waals surface area (Å²) in [5.41, 5.74) is 3.06. The highest BCUT2D eigenvalue weighted by molar-refractivity contribution is 6.30. The van der Waals surface area contributed by atoms with Gasteiger partial charge in [0, 0.05) is 17.7 Å². The fourth-order valence-corrected chi connectivity index (χ4v) is 2.42. The van der Waals surface area contributed by atoms with Crippen LogP contribution in [0.5, 0.6) is 0 Å². The van der Waals surface area contributed by atoms with E-state index >= 15 is 0 Å². The Bertz CT molecular complexity index is 762. The van der Waals surface area contributed by atoms with Gasteiger partial charge in [-0.3, -0.25) is 4.90 Å². The highest BCUT2D eigenvalue weighted by Crippen LogP contribution is 2.22. The molecule has 1 amide bonds. The predicted octanol–water partition coefficient (Wildman–Crippen LogP) is 4.46. The number of hydrogen-bond donors (Lipinski definition) is 0. The number of methoxy groups -OCH3 is 2. The van der Waals surface area contributed by atoms with Gasteiger partial charge in [-0.05, 0) is 30.7 Å². The number of carbonyl (C=O) groups is 1. The summed E-state index contributed by atoms with van der Waals surface area (Å²) in [5.74, 6) is 0. The van der Waals surface area contributed by atoms with E-state index in [4.69, 9.17) is 25.9 Å². The Kier molecular flexibility index (Phi) is 7.44. The van der Waals surface area contributed by atoms with E-state index in [1.165, 1.54) is 19.1 Å². The van der Waals surface area contributed by atoms with Crippen molar-refractivity contribution >= 4 is 29.1 Å². The quantitative estimate of drug-likeness (QED) is 0.406. The Morgan fingerprint density at radius 3 is 2.46 bits per heavy atom. The normalized spacial score (nSPS) is 11.2. The van der Waals surface area contributed by atoms with E-state index in [2.05, 4.69) is 5.16 Å². The van der Waals surface area contributed by atoms with Crippen LogP contribution < -0.4 is 4.90 Å². The van der Waals surface area contributed by atoms with Gasteiger partial charge in [0.25, 0.3) is 0 Å². The van der Waals surface area contributed by atoms with Crippen LogP contribution in [0.3, 0.4) is 0 Å². The van der Waals surface area contributed by atoms with Crippen LogP contribution in [0, 0.1) is 0 Å². The minimum Gasteiger partial charge on any atom is -0.452 e. The van der Waals surface area contributed by atoms with E-state index in [9.17, 15) is 4.79 Å². The molecule has 26 heavy (non-hydrogen) atoms. The number of nitrogens with zero attached hydrogens (tertiary/aromatic N) is 2. The van der Waals surface area contributed by atoms with Crippen LogP contribution in [0.4, 0.5) is 10.5 Å². The first-order chi connectivity index (χ1) is 12.6. The van der Waals surface area contributed by atoms with Crippen LogP contribution in [-0.4, -0.2) is 32.8 Å². The number of benzene rings is 2. The first-order valence-electron chi connectivity index (χ1n) is 7.91. The Morgan fingerprint density at radius 2 is 1.81 bits per heavy atom. The van der Waals surface area contributed by atoms with Gasteiger partial charge in [-0.25, -0.2) is 4.79 Å². The number of carbonyl (C=O) groups excluding carboxylic acids is 1. The molecule has 0 atom stereocenters. The molecule has 138 valence electrons. The molecule has 0 aliphatic carbocycles. The summed E-state index contributed by atoms with van der Waals surface area (Å²) in [5, 5.41) is 4.80. The second-order valence-corrected chi connectivity index (χ2v) is 5.84. The molecule has 0 saturated heterocycles. The second kappa shape index (κ2) is 9.79. The molecule has 6 nitrogen and oxygen atoms in total. The third-order valence-corrected chi connectivity index (χ3v) is 3.87. The lowest BCUT2D eigenvalue weighted by Crippen LogP contribution is -2.33. The summed E-state index contributed by atoms with van der Waals surface area (Å²) >= 11 is 5.89. The Morgan fingerprint density at radius 1 is 1.12 bits per heavy atom. The molecule has 0 fully saturated rings. The van der Waals surface area contributed by atoms with Crippen molar-refractivity contribution in [2.75, 3.05) is 25.9 Å². The first-order valence-corrected chi connectivity index (χ1v) is 8.29. The number of rotatable bonds is 7. The summed E-state index contributed by atoms with van der Waals surface area (Å²) in [6.07, 6.45) is -0.514. The Labute approximate surface area is 157 Å². The highest BCUT2D eigenvalue weighted by Gasteiger charge is 2.19. The molecular weight excluding hydrogens is 356 g/mol. The molecule has 0 aliphatic rings. The van der Waals surface area contributed by atoms with E-state index in [1.807, 2.05) is 37.3 Å². The fraction of sp³-hybridized carbons (Fsp3) is 0.263. The zero-order valence-corrected chi connectivity index (χ0v) is 15.7. The molecule has 0 N–H and O–H groups in total. The van der Waals surface area contributed by atoms with Crippen LogP contribution in [0.25, 0.3) is 0 Å². The number of halogens is 1. The third kappa shape index (κ3) is 5.21. The smallest absolute Gasteiger partial charge is 0.415 e. The van der Waals surface area contributed by atoms with Crippen LogP contribution in [0.2, 0.25) is 5.02 Å². The van der Waals surface area contributed by atoms with Crippen LogP contribution in [-0.2, 0) is 20.9 Å². The topological polar surface area (TPSA) is 60.4 Å². The lowest BCUT2D eigenvalue weighted by atomic mass is 10.1. The van der Waals surface area contributed by atoms with Gasteiger partial charge in [-0.1, -0.05) is 47.1 Å². The molecular formula is C19H21ClN2O4. The first kappa shape index (κ1) is 19.8. The molecule has 0 spiro atoms. The molecule has 0 saturated carbocycles. The summed E-state index contributed by atoms with van der Waals surface area (Å²) in [6.45, 7) is 2.11. The van der Waals surface area contributed by atoms with Crippen molar-refractivity contribution in [3.05, 3.63) is 64.7 Å². The molecule has 2 aromatic rings. The monoisotopic (exact) mass is 376 g/mol. The number of hydrogen-bond acceptors (Lipinski definition) is 5. The lowest BCUT2D eigenvalue weighted by Gasteiger charge is -2.22. The van der Waals surface area contributed by atoms with Crippen LogP contribution in [0.15, 0.2) is 53.7 Å². The number of anilines is 1. The lowest BCUT2D eigenvalue weighted by molar-refractivity contribution is 0.129. The van der Waals surface area contributed by atoms with Gasteiger partial charge in [0.05, 0.1) is 18.5 Å². The van der Waals surface area contributed by atoms with E-state index in [1.54, 1.807) is 18.2 Å². The second-order valence-electron chi connectivity index (χ2n) is 5.40. The average molecular weight is 377 g/mol. The molecule has 0 heterocycles. The van der Waals surface area contributed by atoms with Crippen molar-refractivity contribution in [1.82, 2.24) is 0 Å². The van der Waals surface area contributed by atoms with Gasteiger partial charge in [0.1, 0.15) is 13.3 Å². The summed E-state index contributed by atoms with van der Waals surface area (Å²) in [4.78, 5) is 18.9. The largest absolute Gasteiger partial charge is 0.452 e. The minimum absolute atomic E-state index is 0.0662. The Hall–Kier alpha value is -2.57. The van der Waals surface area contributed by atoms with Crippen molar-refractivity contribution in [3.63, 3.8) is 0 Å². The molecule has 0 aliphatic heterocycles. The van der Waals surface area contributed by atoms with Crippen molar-refractivity contribution < 1.29 is 19.1 Å². The van der Waals surface area contributed by atoms with E-state index < -0.39 is 6.09 Å². The third-order valence-electron chi connectivity index (χ3n) is 3.62. The number of oxime groups is 1. The van der Waals surface area contributed by atoms with Gasteiger partial charge in [-0.15, -0.1) is 0 Å². The van der Waals surface area contributed by atoms with Crippen molar-refractivity contribution in [3.8, 4) is 0 Å². The molecule has 0 aromatic heterocycles. The average Bonchev–Trinajstić information content (AvgIpc) is 2.66. The maximum absolute atomic E-state index is 12.0. The summed E-state index contributed by atoms with van der Waals surface area (Å²) < 4.78 is 9.90. The Balaban J connectivity index is 2.13. The molecule has 0 unspecified atom stereocenters. The van der Waals surface area contributed by atoms with Gasteiger partial charge in [0.2, 0.25) is 0 Å². The minimum atomic E-state index is -0.514. The zero-order valence-electron chi connectivity index (χ0n) is 14.9. The number of ether oxygens (including phenoxy) is 2. The zero-order chi connectivity index (χ0) is 18.9. The standard InChI is InChI=1S/C19H21ClN2O4/c1-14(15-8-10-17(20)11-9-15)21-26-12-16-6-4-5-7-18(16)22(13-24-2)19(23)25-3/h4-11H,12-13H2,1-3H3/b21-14+. The fourth-order valence-electron chi connectivity index (χ4n) is 2.30. The van der Waals surface area contributed by atoms with E-state index in [-0.39, 0.29) is 13.3 Å². The number of para-hydroxylation sites is 1. The van der Waals surface area contributed by atoms with Gasteiger partial charge < -0.3 is 14.3 Å². The summed E-state index contributed by atoms with van der Waals surface area (Å²) in [7, 11) is 2.83. The highest BCUT2D eigenvalue weighted by atomic mass is 35.5. The van der Waals surface area contributed by atoms with Crippen LogP contribution >= 0.6 is 11.6 Å². The van der Waals surface area contributed by atoms with Gasteiger partial charge >= 0.3 is 6.09 Å². The molecule has 2 rings (SSSR count). The van der Waals surface area contributed by atoms with Gasteiger partial charge in [0.15, 0.2) is 0 Å². The van der Waals surface area contributed by atoms with Gasteiger partial charge in [-0.2, -0.15) is 0 Å². The van der Waals surface area contributed by atoms with E-state index in [0.717, 1.165) is 16.8 Å². The number of amides is 1. The molecule has 2 aromatic carbocycles. The van der Waals surface area contributed by atoms with Crippen LogP contribution in [0.1, 0.15) is 18.1 Å².